The summed E-state index contributed by atoms with van der Waals surface area (Å²) in [6.45, 7) is 5.72. The Bertz CT molecular complexity index is 372. The molecule has 1 aliphatic heterocycles. The second-order valence-corrected chi connectivity index (χ2v) is 6.28. The van der Waals surface area contributed by atoms with Gasteiger partial charge in [0.25, 0.3) is 0 Å². The zero-order chi connectivity index (χ0) is 14.6. The highest BCUT2D eigenvalue weighted by molar-refractivity contribution is 8.13. The van der Waals surface area contributed by atoms with Crippen molar-refractivity contribution in [2.24, 2.45) is 11.8 Å². The van der Waals surface area contributed by atoms with E-state index < -0.39 is 12.0 Å². The summed E-state index contributed by atoms with van der Waals surface area (Å²) in [7, 11) is 0. The Morgan fingerprint density at radius 1 is 1.53 bits per heavy atom. The fraction of sp³-hybridized carbons (Fsp3) is 0.769. The molecule has 0 spiro atoms. The van der Waals surface area contributed by atoms with E-state index in [1.165, 1.54) is 23.6 Å². The van der Waals surface area contributed by atoms with Crippen molar-refractivity contribution in [3.8, 4) is 0 Å². The van der Waals surface area contributed by atoms with Crippen LogP contribution in [-0.4, -0.2) is 45.3 Å². The summed E-state index contributed by atoms with van der Waals surface area (Å²) in [5.74, 6) is -0.456. The average Bonchev–Trinajstić information content (AvgIpc) is 2.68. The monoisotopic (exact) mass is 287 g/mol. The number of carbonyl (C=O) groups excluding carboxylic acids is 2. The van der Waals surface area contributed by atoms with Crippen LogP contribution >= 0.6 is 11.8 Å². The largest absolute Gasteiger partial charge is 0.480 e. The first-order valence-corrected chi connectivity index (χ1v) is 7.51. The molecule has 1 amide bonds. The number of amides is 1. The molecular formula is C13H21NO4S. The topological polar surface area (TPSA) is 74.7 Å². The van der Waals surface area contributed by atoms with Gasteiger partial charge in [-0.15, -0.1) is 0 Å². The van der Waals surface area contributed by atoms with Crippen LogP contribution in [0.15, 0.2) is 0 Å². The molecule has 1 saturated heterocycles. The molecule has 19 heavy (non-hydrogen) atoms. The number of nitrogens with zero attached hydrogens (tertiary/aromatic N) is 1. The van der Waals surface area contributed by atoms with Gasteiger partial charge in [0.05, 0.1) is 0 Å². The molecule has 1 unspecified atom stereocenters. The number of likely N-dealkylation sites (tertiary alicyclic amines) is 1. The van der Waals surface area contributed by atoms with Crippen LogP contribution in [0.3, 0.4) is 0 Å². The third-order valence-corrected chi connectivity index (χ3v) is 4.58. The van der Waals surface area contributed by atoms with Gasteiger partial charge < -0.3 is 10.0 Å². The minimum Gasteiger partial charge on any atom is -0.480 e. The predicted molar refractivity (Wildman–Crippen MR) is 73.8 cm³/mol. The maximum atomic E-state index is 12.0. The molecule has 1 heterocycles. The van der Waals surface area contributed by atoms with Crippen LogP contribution in [0.5, 0.6) is 0 Å². The predicted octanol–water partition coefficient (Wildman–Crippen LogP) is 1.61. The first kappa shape index (κ1) is 16.0. The van der Waals surface area contributed by atoms with E-state index in [1.54, 1.807) is 0 Å². The van der Waals surface area contributed by atoms with Gasteiger partial charge >= 0.3 is 5.97 Å². The molecule has 1 rings (SSSR count). The molecular weight excluding hydrogens is 266 g/mol. The van der Waals surface area contributed by atoms with Crippen molar-refractivity contribution in [2.75, 3.05) is 12.3 Å². The molecule has 0 saturated carbocycles. The van der Waals surface area contributed by atoms with Gasteiger partial charge in [-0.3, -0.25) is 9.59 Å². The zero-order valence-corrected chi connectivity index (χ0v) is 12.4. The number of hydrogen-bond acceptors (Lipinski definition) is 4. The van der Waals surface area contributed by atoms with E-state index in [9.17, 15) is 19.5 Å². The normalized spacial score (nSPS) is 22.4. The van der Waals surface area contributed by atoms with Gasteiger partial charge in [-0.2, -0.15) is 0 Å². The van der Waals surface area contributed by atoms with Crippen LogP contribution in [-0.2, 0) is 14.4 Å². The van der Waals surface area contributed by atoms with E-state index in [-0.39, 0.29) is 22.9 Å². The number of aliphatic carboxylic acids is 1. The van der Waals surface area contributed by atoms with Crippen molar-refractivity contribution in [1.29, 1.82) is 0 Å². The Kier molecular flexibility index (Phi) is 5.85. The maximum Gasteiger partial charge on any atom is 0.326 e. The van der Waals surface area contributed by atoms with E-state index in [2.05, 4.69) is 0 Å². The number of carbonyl (C=O) groups is 3. The Labute approximate surface area is 117 Å². The van der Waals surface area contributed by atoms with E-state index in [0.717, 1.165) is 0 Å². The molecule has 0 aliphatic carbocycles. The van der Waals surface area contributed by atoms with Gasteiger partial charge in [0.2, 0.25) is 5.91 Å². The molecule has 5 nitrogen and oxygen atoms in total. The van der Waals surface area contributed by atoms with Crippen LogP contribution in [0.1, 0.15) is 33.6 Å². The molecule has 0 aromatic carbocycles. The summed E-state index contributed by atoms with van der Waals surface area (Å²) in [4.78, 5) is 35.7. The van der Waals surface area contributed by atoms with Gasteiger partial charge in [0.1, 0.15) is 6.04 Å². The van der Waals surface area contributed by atoms with E-state index in [4.69, 9.17) is 0 Å². The van der Waals surface area contributed by atoms with Crippen molar-refractivity contribution in [2.45, 2.75) is 39.7 Å². The smallest absolute Gasteiger partial charge is 0.326 e. The fourth-order valence-corrected chi connectivity index (χ4v) is 3.03. The van der Waals surface area contributed by atoms with Crippen LogP contribution < -0.4 is 0 Å². The number of carboxylic acids is 1. The number of rotatable bonds is 6. The van der Waals surface area contributed by atoms with E-state index in [0.29, 0.717) is 25.1 Å². The Morgan fingerprint density at radius 3 is 2.63 bits per heavy atom. The lowest BCUT2D eigenvalue weighted by Gasteiger charge is -2.29. The summed E-state index contributed by atoms with van der Waals surface area (Å²) < 4.78 is 0. The highest BCUT2D eigenvalue weighted by atomic mass is 32.2. The van der Waals surface area contributed by atoms with Crippen LogP contribution in [0.4, 0.5) is 0 Å². The third kappa shape index (κ3) is 4.23. The second-order valence-electron chi connectivity index (χ2n) is 5.09. The van der Waals surface area contributed by atoms with Crippen LogP contribution in [0.2, 0.25) is 0 Å². The number of hydrogen-bond donors (Lipinski definition) is 1. The minimum atomic E-state index is -0.942. The molecule has 0 radical (unpaired) electrons. The van der Waals surface area contributed by atoms with Crippen molar-refractivity contribution in [1.82, 2.24) is 4.90 Å². The summed E-state index contributed by atoms with van der Waals surface area (Å²) in [6.07, 6.45) is 1.06. The Hall–Kier alpha value is -1.04. The standard InChI is InChI=1S/C13H21NO4S/c1-4-8(2)12(13(17)18)14-6-10(5-11(14)16)7-19-9(3)15/h8,10,12H,4-7H2,1-3H3,(H,17,18)/t8-,10?,12-/m0/s1. The van der Waals surface area contributed by atoms with Crippen LogP contribution in [0.25, 0.3) is 0 Å². The SMILES string of the molecule is CC[C@H](C)[C@@H](C(=O)O)N1CC(CSC(C)=O)CC1=O. The molecule has 0 aromatic heterocycles. The molecule has 1 N–H and O–H groups in total. The molecule has 108 valence electrons. The summed E-state index contributed by atoms with van der Waals surface area (Å²) >= 11 is 1.20. The van der Waals surface area contributed by atoms with E-state index in [1.807, 2.05) is 13.8 Å². The molecule has 1 aliphatic rings. The molecule has 0 bridgehead atoms. The molecule has 0 aromatic rings. The van der Waals surface area contributed by atoms with Crippen molar-refractivity contribution >= 4 is 28.8 Å². The minimum absolute atomic E-state index is 0.0302. The second kappa shape index (κ2) is 6.93. The maximum absolute atomic E-state index is 12.0. The summed E-state index contributed by atoms with van der Waals surface area (Å²) in [5, 5.41) is 9.33. The first-order chi connectivity index (χ1) is 8.86. The fourth-order valence-electron chi connectivity index (χ4n) is 2.33. The van der Waals surface area contributed by atoms with Gasteiger partial charge in [-0.25, -0.2) is 4.79 Å². The zero-order valence-electron chi connectivity index (χ0n) is 11.6. The van der Waals surface area contributed by atoms with Gasteiger partial charge in [0.15, 0.2) is 5.12 Å². The van der Waals surface area contributed by atoms with Gasteiger partial charge in [0, 0.05) is 25.6 Å². The van der Waals surface area contributed by atoms with E-state index >= 15 is 0 Å². The molecule has 1 fully saturated rings. The Balaban J connectivity index is 2.69. The Morgan fingerprint density at radius 2 is 2.16 bits per heavy atom. The highest BCUT2D eigenvalue weighted by Gasteiger charge is 2.39. The van der Waals surface area contributed by atoms with Crippen molar-refractivity contribution in [3.63, 3.8) is 0 Å². The quantitative estimate of drug-likeness (QED) is 0.803. The lowest BCUT2D eigenvalue weighted by Crippen LogP contribution is -2.46. The summed E-state index contributed by atoms with van der Waals surface area (Å²) in [5.41, 5.74) is 0. The molecule has 3 atom stereocenters. The van der Waals surface area contributed by atoms with Crippen molar-refractivity contribution < 1.29 is 19.5 Å². The summed E-state index contributed by atoms with van der Waals surface area (Å²) in [6, 6.07) is -0.746. The lowest BCUT2D eigenvalue weighted by atomic mass is 9.98. The third-order valence-electron chi connectivity index (χ3n) is 3.53. The number of thioether (sulfide) groups is 1. The van der Waals surface area contributed by atoms with Gasteiger partial charge in [-0.1, -0.05) is 32.0 Å². The van der Waals surface area contributed by atoms with Crippen molar-refractivity contribution in [3.05, 3.63) is 0 Å². The molecule has 6 heteroatoms. The lowest BCUT2D eigenvalue weighted by molar-refractivity contribution is -0.150. The van der Waals surface area contributed by atoms with Crippen LogP contribution in [0, 0.1) is 11.8 Å². The highest BCUT2D eigenvalue weighted by Crippen LogP contribution is 2.27. The first-order valence-electron chi connectivity index (χ1n) is 6.52. The number of carboxylic acid groups (broad SMARTS) is 1. The average molecular weight is 287 g/mol. The van der Waals surface area contributed by atoms with Gasteiger partial charge in [-0.05, 0) is 11.8 Å².